The van der Waals surface area contributed by atoms with E-state index in [0.29, 0.717) is 16.4 Å². The highest BCUT2D eigenvalue weighted by molar-refractivity contribution is 8.03. The summed E-state index contributed by atoms with van der Waals surface area (Å²) >= 11 is 1.37. The van der Waals surface area contributed by atoms with Gasteiger partial charge in [0.1, 0.15) is 5.82 Å². The molecule has 1 fully saturated rings. The zero-order chi connectivity index (χ0) is 17.5. The predicted molar refractivity (Wildman–Crippen MR) is 92.0 cm³/mol. The van der Waals surface area contributed by atoms with E-state index in [1.165, 1.54) is 16.7 Å². The first-order valence-electron chi connectivity index (χ1n) is 7.48. The Morgan fingerprint density at radius 2 is 2.17 bits per heavy atom. The van der Waals surface area contributed by atoms with E-state index in [1.54, 1.807) is 14.0 Å². The molecule has 6 nitrogen and oxygen atoms in total. The molecule has 7 heteroatoms. The van der Waals surface area contributed by atoms with E-state index >= 15 is 0 Å². The van der Waals surface area contributed by atoms with Crippen LogP contribution in [0.15, 0.2) is 52.3 Å². The maximum absolute atomic E-state index is 12.6. The number of benzene rings is 1. The van der Waals surface area contributed by atoms with Crippen LogP contribution >= 0.6 is 11.8 Å². The normalized spacial score (nSPS) is 26.2. The highest BCUT2D eigenvalue weighted by Gasteiger charge is 2.48. The number of rotatable bonds is 2. The molecule has 2 heterocycles. The Bertz CT molecular complexity index is 793. The summed E-state index contributed by atoms with van der Waals surface area (Å²) in [5.74, 6) is -0.272. The molecule has 0 aliphatic carbocycles. The Kier molecular flexibility index (Phi) is 4.03. The van der Waals surface area contributed by atoms with Crippen molar-refractivity contribution in [3.63, 3.8) is 0 Å². The second-order valence-corrected chi connectivity index (χ2v) is 6.86. The van der Waals surface area contributed by atoms with E-state index in [2.05, 4.69) is 11.4 Å². The first kappa shape index (κ1) is 16.4. The zero-order valence-electron chi connectivity index (χ0n) is 13.4. The van der Waals surface area contributed by atoms with Crippen molar-refractivity contribution in [2.45, 2.75) is 18.6 Å². The first-order valence-corrected chi connectivity index (χ1v) is 8.47. The highest BCUT2D eigenvalue weighted by atomic mass is 32.2. The van der Waals surface area contributed by atoms with Crippen molar-refractivity contribution < 1.29 is 9.90 Å². The molecule has 0 unspecified atom stereocenters. The van der Waals surface area contributed by atoms with E-state index < -0.39 is 11.6 Å². The number of allylic oxidation sites excluding steroid dienone is 1. The molecular weight excluding hydrogens is 324 g/mol. The molecule has 0 saturated carbocycles. The minimum atomic E-state index is -1.24. The number of likely N-dealkylation sites (N-methyl/N-ethyl adjacent to an activating group) is 1. The van der Waals surface area contributed by atoms with E-state index in [-0.39, 0.29) is 17.3 Å². The lowest BCUT2D eigenvalue weighted by atomic mass is 9.82. The Morgan fingerprint density at radius 3 is 2.75 bits per heavy atom. The molecule has 2 aliphatic rings. The van der Waals surface area contributed by atoms with Gasteiger partial charge >= 0.3 is 0 Å². The quantitative estimate of drug-likeness (QED) is 0.746. The smallest absolute Gasteiger partial charge is 0.250 e. The fraction of sp³-hybridized carbons (Fsp3) is 0.294. The average Bonchev–Trinajstić information content (AvgIpc) is 2.90. The molecule has 24 heavy (non-hydrogen) atoms. The minimum absolute atomic E-state index is 0.198. The summed E-state index contributed by atoms with van der Waals surface area (Å²) in [5.41, 5.74) is 6.51. The summed E-state index contributed by atoms with van der Waals surface area (Å²) in [6, 6.07) is 11.5. The van der Waals surface area contributed by atoms with Gasteiger partial charge in [-0.3, -0.25) is 9.69 Å². The predicted octanol–water partition coefficient (Wildman–Crippen LogP) is 1.19. The summed E-state index contributed by atoms with van der Waals surface area (Å²) in [7, 11) is 1.55. The van der Waals surface area contributed by atoms with Crippen LogP contribution in [0.4, 0.5) is 0 Å². The topological polar surface area (TPSA) is 102 Å². The van der Waals surface area contributed by atoms with E-state index in [9.17, 15) is 15.2 Å². The highest BCUT2D eigenvalue weighted by Crippen LogP contribution is 2.50. The van der Waals surface area contributed by atoms with Crippen LogP contribution in [0.5, 0.6) is 0 Å². The van der Waals surface area contributed by atoms with Crippen LogP contribution in [0.1, 0.15) is 18.4 Å². The van der Waals surface area contributed by atoms with Gasteiger partial charge in [0.25, 0.3) is 5.91 Å². The number of fused-ring (bicyclic) bond motifs is 1. The van der Waals surface area contributed by atoms with Crippen molar-refractivity contribution in [3.8, 4) is 6.07 Å². The molecule has 1 aromatic carbocycles. The van der Waals surface area contributed by atoms with Gasteiger partial charge in [-0.15, -0.1) is 11.8 Å². The summed E-state index contributed by atoms with van der Waals surface area (Å²) in [5, 5.41) is 23.6. The van der Waals surface area contributed by atoms with E-state index in [0.717, 1.165) is 5.56 Å². The molecule has 2 aliphatic heterocycles. The molecule has 124 valence electrons. The molecule has 0 spiro atoms. The Balaban J connectivity index is 2.29. The third-order valence-corrected chi connectivity index (χ3v) is 5.58. The third-order valence-electron chi connectivity index (χ3n) is 4.22. The number of hydrogen-bond acceptors (Lipinski definition) is 6. The number of thioether (sulfide) groups is 1. The summed E-state index contributed by atoms with van der Waals surface area (Å²) in [6.07, 6.45) is 0. The SMILES string of the molecule is CNC(=O)C1=C2SC[C@](C)(O)N2C(N)=C(C#N)[C@H]1c1ccccc1. The monoisotopic (exact) mass is 342 g/mol. The molecule has 3 rings (SSSR count). The number of aliphatic hydroxyl groups is 1. The standard InChI is InChI=1S/C17H18N4O2S/c1-17(23)9-24-16-13(15(22)20-2)12(10-6-4-3-5-7-10)11(8-18)14(19)21(16)17/h3-7,12,23H,9,19H2,1-2H3,(H,20,22)/t12-,17+/m1/s1. The lowest BCUT2D eigenvalue weighted by Gasteiger charge is -2.38. The number of carbonyl (C=O) groups is 1. The lowest BCUT2D eigenvalue weighted by Crippen LogP contribution is -2.47. The Labute approximate surface area is 144 Å². The summed E-state index contributed by atoms with van der Waals surface area (Å²) < 4.78 is 0. The van der Waals surface area contributed by atoms with Gasteiger partial charge in [-0.25, -0.2) is 0 Å². The van der Waals surface area contributed by atoms with Crippen LogP contribution in [0.25, 0.3) is 0 Å². The van der Waals surface area contributed by atoms with Crippen molar-refractivity contribution in [1.82, 2.24) is 10.2 Å². The maximum atomic E-state index is 12.6. The molecular formula is C17H18N4O2S. The first-order chi connectivity index (χ1) is 11.4. The molecule has 0 aromatic heterocycles. The van der Waals surface area contributed by atoms with Crippen molar-refractivity contribution in [2.75, 3.05) is 12.8 Å². The molecule has 4 N–H and O–H groups in total. The molecule has 2 atom stereocenters. The Morgan fingerprint density at radius 1 is 1.50 bits per heavy atom. The molecule has 0 radical (unpaired) electrons. The fourth-order valence-electron chi connectivity index (χ4n) is 3.12. The molecule has 1 amide bonds. The van der Waals surface area contributed by atoms with Crippen LogP contribution in [-0.4, -0.2) is 34.4 Å². The Hall–Kier alpha value is -2.43. The van der Waals surface area contributed by atoms with Crippen LogP contribution in [0.2, 0.25) is 0 Å². The van der Waals surface area contributed by atoms with Gasteiger partial charge in [-0.05, 0) is 12.5 Å². The second-order valence-electron chi connectivity index (χ2n) is 5.89. The largest absolute Gasteiger partial charge is 0.384 e. The number of nitrogens with two attached hydrogens (primary N) is 1. The molecule has 1 saturated heterocycles. The van der Waals surface area contributed by atoms with Gasteiger partial charge in [0.05, 0.1) is 28.2 Å². The van der Waals surface area contributed by atoms with Crippen LogP contribution < -0.4 is 11.1 Å². The number of amides is 1. The second kappa shape index (κ2) is 5.89. The van der Waals surface area contributed by atoms with E-state index in [4.69, 9.17) is 5.73 Å². The van der Waals surface area contributed by atoms with Crippen LogP contribution in [0, 0.1) is 11.3 Å². The number of nitrogens with zero attached hydrogens (tertiary/aromatic N) is 2. The van der Waals surface area contributed by atoms with Crippen LogP contribution in [0.3, 0.4) is 0 Å². The zero-order valence-corrected chi connectivity index (χ0v) is 14.2. The van der Waals surface area contributed by atoms with Gasteiger partial charge in [-0.2, -0.15) is 5.26 Å². The fourth-order valence-corrected chi connectivity index (χ4v) is 4.45. The number of nitrogens with one attached hydrogen (secondary N) is 1. The van der Waals surface area contributed by atoms with Crippen molar-refractivity contribution in [3.05, 3.63) is 57.9 Å². The van der Waals surface area contributed by atoms with Gasteiger partial charge < -0.3 is 16.2 Å². The number of hydrogen-bond donors (Lipinski definition) is 3. The molecule has 0 bridgehead atoms. The van der Waals surface area contributed by atoms with Gasteiger partial charge in [0.15, 0.2) is 5.72 Å². The average molecular weight is 342 g/mol. The maximum Gasteiger partial charge on any atom is 0.250 e. The summed E-state index contributed by atoms with van der Waals surface area (Å²) in [4.78, 5) is 14.1. The number of nitriles is 1. The van der Waals surface area contributed by atoms with Crippen LogP contribution in [-0.2, 0) is 4.79 Å². The molecule has 1 aromatic rings. The number of carbonyl (C=O) groups excluding carboxylic acids is 1. The van der Waals surface area contributed by atoms with Crippen molar-refractivity contribution >= 4 is 17.7 Å². The van der Waals surface area contributed by atoms with Gasteiger partial charge in [0.2, 0.25) is 0 Å². The summed E-state index contributed by atoms with van der Waals surface area (Å²) in [6.45, 7) is 1.62. The third kappa shape index (κ3) is 2.35. The lowest BCUT2D eigenvalue weighted by molar-refractivity contribution is -0.117. The van der Waals surface area contributed by atoms with Gasteiger partial charge in [-0.1, -0.05) is 30.3 Å². The van der Waals surface area contributed by atoms with Crippen molar-refractivity contribution in [2.24, 2.45) is 5.73 Å². The van der Waals surface area contributed by atoms with Gasteiger partial charge in [0, 0.05) is 12.8 Å². The van der Waals surface area contributed by atoms with E-state index in [1.807, 2.05) is 30.3 Å². The van der Waals surface area contributed by atoms with Crippen molar-refractivity contribution in [1.29, 1.82) is 5.26 Å². The minimum Gasteiger partial charge on any atom is -0.384 e.